The Morgan fingerprint density at radius 2 is 2.00 bits per heavy atom. The largest absolute Gasteiger partial charge is 0.339 e. The Morgan fingerprint density at radius 1 is 1.24 bits per heavy atom. The molecule has 0 aliphatic carbocycles. The van der Waals surface area contributed by atoms with Gasteiger partial charge in [-0.05, 0) is 40.8 Å². The predicted octanol–water partition coefficient (Wildman–Crippen LogP) is 3.34. The molecule has 0 aliphatic heterocycles. The lowest BCUT2D eigenvalue weighted by Crippen LogP contribution is -1.96. The van der Waals surface area contributed by atoms with Gasteiger partial charge in [0.05, 0.1) is 10.6 Å². The summed E-state index contributed by atoms with van der Waals surface area (Å²) in [6.45, 7) is 0. The van der Waals surface area contributed by atoms with E-state index in [4.69, 9.17) is 0 Å². The third kappa shape index (κ3) is 2.90. The van der Waals surface area contributed by atoms with E-state index in [1.807, 2.05) is 24.3 Å². The summed E-state index contributed by atoms with van der Waals surface area (Å²) in [4.78, 5) is 14.0. The lowest BCUT2D eigenvalue weighted by molar-refractivity contribution is -0.385. The number of aromatic nitrogens is 1. The second kappa shape index (κ2) is 5.09. The van der Waals surface area contributed by atoms with Crippen LogP contribution in [0, 0.1) is 13.7 Å². The molecule has 0 aliphatic rings. The van der Waals surface area contributed by atoms with Crippen LogP contribution in [0.1, 0.15) is 0 Å². The van der Waals surface area contributed by atoms with Crippen LogP contribution in [-0.2, 0) is 0 Å². The first-order chi connectivity index (χ1) is 8.16. The van der Waals surface area contributed by atoms with Crippen molar-refractivity contribution in [2.75, 3.05) is 5.32 Å². The van der Waals surface area contributed by atoms with E-state index >= 15 is 0 Å². The van der Waals surface area contributed by atoms with Gasteiger partial charge < -0.3 is 5.32 Å². The molecule has 0 radical (unpaired) electrons. The highest BCUT2D eigenvalue weighted by atomic mass is 127. The van der Waals surface area contributed by atoms with Crippen LogP contribution in [0.4, 0.5) is 17.2 Å². The van der Waals surface area contributed by atoms with Gasteiger partial charge in [0.1, 0.15) is 12.0 Å². The zero-order valence-electron chi connectivity index (χ0n) is 8.63. The molecular formula is C11H8IN3O2. The number of rotatable bonds is 3. The molecule has 2 aromatic rings. The molecule has 0 saturated carbocycles. The van der Waals surface area contributed by atoms with Crippen LogP contribution >= 0.6 is 22.6 Å². The number of anilines is 2. The number of benzene rings is 1. The molecule has 0 unspecified atom stereocenters. The topological polar surface area (TPSA) is 68.1 Å². The number of halogens is 1. The van der Waals surface area contributed by atoms with Gasteiger partial charge in [-0.25, -0.2) is 4.98 Å². The summed E-state index contributed by atoms with van der Waals surface area (Å²) >= 11 is 2.21. The summed E-state index contributed by atoms with van der Waals surface area (Å²) in [7, 11) is 0. The number of para-hydroxylation sites is 1. The van der Waals surface area contributed by atoms with Crippen molar-refractivity contribution in [3.05, 3.63) is 56.3 Å². The molecule has 0 atom stereocenters. The first-order valence-corrected chi connectivity index (χ1v) is 5.87. The van der Waals surface area contributed by atoms with Crippen molar-refractivity contribution in [1.82, 2.24) is 4.98 Å². The highest BCUT2D eigenvalue weighted by molar-refractivity contribution is 14.1. The molecular weight excluding hydrogens is 333 g/mol. The average molecular weight is 341 g/mol. The summed E-state index contributed by atoms with van der Waals surface area (Å²) in [5, 5.41) is 13.6. The number of hydrogen-bond donors (Lipinski definition) is 1. The molecule has 0 bridgehead atoms. The van der Waals surface area contributed by atoms with Crippen molar-refractivity contribution >= 4 is 39.8 Å². The Balaban J connectivity index is 2.20. The van der Waals surface area contributed by atoms with Gasteiger partial charge in [0.25, 0.3) is 5.69 Å². The Hall–Kier alpha value is -1.70. The molecule has 1 heterocycles. The molecule has 1 N–H and O–H groups in total. The third-order valence-corrected chi connectivity index (χ3v) is 3.04. The summed E-state index contributed by atoms with van der Waals surface area (Å²) in [5.74, 6) is 0.583. The predicted molar refractivity (Wildman–Crippen MR) is 73.3 cm³/mol. The van der Waals surface area contributed by atoms with E-state index in [1.165, 1.54) is 12.3 Å². The Kier molecular flexibility index (Phi) is 3.52. The molecule has 0 saturated heterocycles. The lowest BCUT2D eigenvalue weighted by atomic mass is 10.3. The molecule has 17 heavy (non-hydrogen) atoms. The van der Waals surface area contributed by atoms with E-state index in [9.17, 15) is 10.1 Å². The van der Waals surface area contributed by atoms with Gasteiger partial charge in [0.2, 0.25) is 0 Å². The minimum atomic E-state index is -0.469. The number of nitrogens with one attached hydrogen (secondary N) is 1. The summed E-state index contributed by atoms with van der Waals surface area (Å²) in [6, 6.07) is 10.7. The molecule has 2 rings (SSSR count). The van der Waals surface area contributed by atoms with Crippen molar-refractivity contribution in [3.8, 4) is 0 Å². The zero-order valence-corrected chi connectivity index (χ0v) is 10.8. The van der Waals surface area contributed by atoms with Gasteiger partial charge >= 0.3 is 0 Å². The fraction of sp³-hybridized carbons (Fsp3) is 0. The lowest BCUT2D eigenvalue weighted by Gasteiger charge is -2.06. The number of hydrogen-bond acceptors (Lipinski definition) is 4. The standard InChI is InChI=1S/C11H8IN3O2/c12-9-3-1-2-4-10(9)14-11-6-5-8(7-13-11)15(16)17/h1-7H,(H,13,14). The van der Waals surface area contributed by atoms with Crippen molar-refractivity contribution in [2.45, 2.75) is 0 Å². The zero-order chi connectivity index (χ0) is 12.3. The van der Waals surface area contributed by atoms with E-state index < -0.39 is 4.92 Å². The maximum absolute atomic E-state index is 10.5. The maximum atomic E-state index is 10.5. The van der Waals surface area contributed by atoms with Crippen molar-refractivity contribution in [1.29, 1.82) is 0 Å². The van der Waals surface area contributed by atoms with Crippen LogP contribution < -0.4 is 5.32 Å². The highest BCUT2D eigenvalue weighted by Crippen LogP contribution is 2.21. The van der Waals surface area contributed by atoms with Gasteiger partial charge in [-0.2, -0.15) is 0 Å². The minimum absolute atomic E-state index is 0.0155. The molecule has 1 aromatic carbocycles. The average Bonchev–Trinajstić information content (AvgIpc) is 2.33. The molecule has 1 aromatic heterocycles. The van der Waals surface area contributed by atoms with Gasteiger partial charge in [0, 0.05) is 9.64 Å². The van der Waals surface area contributed by atoms with Crippen LogP contribution in [0.5, 0.6) is 0 Å². The third-order valence-electron chi connectivity index (χ3n) is 2.10. The fourth-order valence-corrected chi connectivity index (χ4v) is 1.79. The first kappa shape index (κ1) is 11.8. The molecule has 86 valence electrons. The van der Waals surface area contributed by atoms with Crippen LogP contribution in [0.25, 0.3) is 0 Å². The summed E-state index contributed by atoms with van der Waals surface area (Å²) in [5.41, 5.74) is 0.910. The fourth-order valence-electron chi connectivity index (χ4n) is 1.27. The minimum Gasteiger partial charge on any atom is -0.339 e. The van der Waals surface area contributed by atoms with Gasteiger partial charge in [-0.3, -0.25) is 10.1 Å². The van der Waals surface area contributed by atoms with E-state index in [-0.39, 0.29) is 5.69 Å². The van der Waals surface area contributed by atoms with Crippen molar-refractivity contribution in [2.24, 2.45) is 0 Å². The normalized spacial score (nSPS) is 9.94. The van der Waals surface area contributed by atoms with Crippen molar-refractivity contribution in [3.63, 3.8) is 0 Å². The molecule has 6 heteroatoms. The monoisotopic (exact) mass is 341 g/mol. The highest BCUT2D eigenvalue weighted by Gasteiger charge is 2.05. The van der Waals surface area contributed by atoms with Crippen LogP contribution in [0.2, 0.25) is 0 Å². The van der Waals surface area contributed by atoms with E-state index in [1.54, 1.807) is 6.07 Å². The second-order valence-corrected chi connectivity index (χ2v) is 4.43. The molecule has 0 spiro atoms. The SMILES string of the molecule is O=[N+]([O-])c1ccc(Nc2ccccc2I)nc1. The molecule has 5 nitrogen and oxygen atoms in total. The van der Waals surface area contributed by atoms with Gasteiger partial charge in [-0.1, -0.05) is 12.1 Å². The maximum Gasteiger partial charge on any atom is 0.287 e. The number of nitrogens with zero attached hydrogens (tertiary/aromatic N) is 2. The van der Waals surface area contributed by atoms with Crippen LogP contribution in [0.3, 0.4) is 0 Å². The Labute approximate surface area is 111 Å². The van der Waals surface area contributed by atoms with E-state index in [0.717, 1.165) is 9.26 Å². The smallest absolute Gasteiger partial charge is 0.287 e. The van der Waals surface area contributed by atoms with Crippen LogP contribution in [0.15, 0.2) is 42.6 Å². The quantitative estimate of drug-likeness (QED) is 0.528. The van der Waals surface area contributed by atoms with Gasteiger partial charge in [0.15, 0.2) is 0 Å². The number of pyridine rings is 1. The van der Waals surface area contributed by atoms with Crippen molar-refractivity contribution < 1.29 is 4.92 Å². The van der Waals surface area contributed by atoms with E-state index in [0.29, 0.717) is 5.82 Å². The van der Waals surface area contributed by atoms with Crippen LogP contribution in [-0.4, -0.2) is 9.91 Å². The first-order valence-electron chi connectivity index (χ1n) is 4.79. The summed E-state index contributed by atoms with van der Waals surface area (Å²) < 4.78 is 1.06. The summed E-state index contributed by atoms with van der Waals surface area (Å²) in [6.07, 6.45) is 1.23. The Bertz CT molecular complexity index is 543. The Morgan fingerprint density at radius 3 is 2.59 bits per heavy atom. The van der Waals surface area contributed by atoms with E-state index in [2.05, 4.69) is 32.9 Å². The number of nitro groups is 1. The second-order valence-electron chi connectivity index (χ2n) is 3.26. The molecule has 0 fully saturated rings. The van der Waals surface area contributed by atoms with Gasteiger partial charge in [-0.15, -0.1) is 0 Å². The molecule has 0 amide bonds.